The summed E-state index contributed by atoms with van der Waals surface area (Å²) < 4.78 is 25.9. The van der Waals surface area contributed by atoms with E-state index in [0.29, 0.717) is 26.1 Å². The Balaban J connectivity index is 1.54. The fourth-order valence-electron chi connectivity index (χ4n) is 3.46. The first-order valence-corrected chi connectivity index (χ1v) is 9.72. The van der Waals surface area contributed by atoms with Crippen LogP contribution in [0, 0.1) is 11.3 Å². The monoisotopic (exact) mass is 337 g/mol. The molecule has 3 rings (SSSR count). The first-order chi connectivity index (χ1) is 11.0. The number of pyridine rings is 1. The van der Waals surface area contributed by atoms with Crippen LogP contribution >= 0.6 is 0 Å². The van der Waals surface area contributed by atoms with Crippen molar-refractivity contribution in [1.29, 1.82) is 0 Å². The predicted octanol–water partition coefficient (Wildman–Crippen LogP) is 1.15. The zero-order valence-corrected chi connectivity index (χ0v) is 14.2. The average molecular weight is 337 g/mol. The fraction of sp³-hybridized carbons (Fsp3) is 0.625. The molecule has 2 unspecified atom stereocenters. The summed E-state index contributed by atoms with van der Waals surface area (Å²) in [5.74, 6) is 0.185. The van der Waals surface area contributed by atoms with Crippen molar-refractivity contribution in [2.75, 3.05) is 18.8 Å². The molecule has 2 aliphatic rings. The molecule has 126 valence electrons. The lowest BCUT2D eigenvalue weighted by Gasteiger charge is -2.16. The van der Waals surface area contributed by atoms with Crippen molar-refractivity contribution in [2.24, 2.45) is 11.3 Å². The molecule has 6 nitrogen and oxygen atoms in total. The van der Waals surface area contributed by atoms with Crippen LogP contribution in [0.1, 0.15) is 31.7 Å². The zero-order chi connectivity index (χ0) is 16.5. The standard InChI is InChI=1S/C16H23N3O3S/c1-2-9-23(21,22)19-8-5-16(12-19)10-14(16)15(20)18-11-13-3-6-17-7-4-13/h3-4,6-7,14H,2,5,8-12H2,1H3,(H,18,20). The van der Waals surface area contributed by atoms with Crippen LogP contribution in [-0.4, -0.2) is 42.5 Å². The Labute approximate surface area is 137 Å². The van der Waals surface area contributed by atoms with Gasteiger partial charge in [-0.1, -0.05) is 6.92 Å². The maximum atomic E-state index is 12.3. The highest BCUT2D eigenvalue weighted by Gasteiger charge is 2.61. The van der Waals surface area contributed by atoms with Crippen molar-refractivity contribution >= 4 is 15.9 Å². The van der Waals surface area contributed by atoms with Crippen LogP contribution in [0.4, 0.5) is 0 Å². The third kappa shape index (κ3) is 3.40. The smallest absolute Gasteiger partial charge is 0.224 e. The number of hydrogen-bond acceptors (Lipinski definition) is 4. The number of sulfonamides is 1. The second-order valence-electron chi connectivity index (χ2n) is 6.59. The van der Waals surface area contributed by atoms with Gasteiger partial charge in [0, 0.05) is 37.9 Å². The SMILES string of the molecule is CCCS(=O)(=O)N1CCC2(CC2C(=O)NCc2ccncc2)C1. The van der Waals surface area contributed by atoms with Gasteiger partial charge in [-0.2, -0.15) is 0 Å². The maximum absolute atomic E-state index is 12.3. The summed E-state index contributed by atoms with van der Waals surface area (Å²) in [5.41, 5.74) is 0.894. The Morgan fingerprint density at radius 2 is 2.17 bits per heavy atom. The molecular weight excluding hydrogens is 314 g/mol. The van der Waals surface area contributed by atoms with Crippen LogP contribution in [0.25, 0.3) is 0 Å². The molecule has 1 aromatic heterocycles. The van der Waals surface area contributed by atoms with Crippen molar-refractivity contribution in [3.05, 3.63) is 30.1 Å². The van der Waals surface area contributed by atoms with Gasteiger partial charge < -0.3 is 5.32 Å². The minimum absolute atomic E-state index is 0.0385. The molecule has 2 fully saturated rings. The minimum atomic E-state index is -3.15. The number of nitrogens with zero attached hydrogens (tertiary/aromatic N) is 2. The van der Waals surface area contributed by atoms with Gasteiger partial charge >= 0.3 is 0 Å². The van der Waals surface area contributed by atoms with Gasteiger partial charge in [0.05, 0.1) is 5.75 Å². The number of carbonyl (C=O) groups excluding carboxylic acids is 1. The molecule has 0 aromatic carbocycles. The van der Waals surface area contributed by atoms with Crippen molar-refractivity contribution in [2.45, 2.75) is 32.7 Å². The Morgan fingerprint density at radius 3 is 2.87 bits per heavy atom. The summed E-state index contributed by atoms with van der Waals surface area (Å²) in [6.07, 6.45) is 5.62. The van der Waals surface area contributed by atoms with E-state index in [1.165, 1.54) is 0 Å². The Morgan fingerprint density at radius 1 is 1.43 bits per heavy atom. The molecule has 0 radical (unpaired) electrons. The lowest BCUT2D eigenvalue weighted by molar-refractivity contribution is -0.123. The second-order valence-corrected chi connectivity index (χ2v) is 8.68. The fourth-order valence-corrected chi connectivity index (χ4v) is 5.06. The molecule has 1 saturated heterocycles. The van der Waals surface area contributed by atoms with E-state index in [0.717, 1.165) is 18.4 Å². The highest BCUT2D eigenvalue weighted by molar-refractivity contribution is 7.89. The minimum Gasteiger partial charge on any atom is -0.352 e. The summed E-state index contributed by atoms with van der Waals surface area (Å²) >= 11 is 0. The van der Waals surface area contributed by atoms with Crippen LogP contribution in [0.2, 0.25) is 0 Å². The molecule has 1 saturated carbocycles. The van der Waals surface area contributed by atoms with E-state index in [2.05, 4.69) is 10.3 Å². The third-order valence-corrected chi connectivity index (χ3v) is 6.95. The first-order valence-electron chi connectivity index (χ1n) is 8.11. The van der Waals surface area contributed by atoms with E-state index in [-0.39, 0.29) is 23.0 Å². The molecule has 7 heteroatoms. The highest BCUT2D eigenvalue weighted by Crippen LogP contribution is 2.58. The van der Waals surface area contributed by atoms with Gasteiger partial charge in [-0.25, -0.2) is 12.7 Å². The van der Waals surface area contributed by atoms with E-state index in [1.807, 2.05) is 19.1 Å². The van der Waals surface area contributed by atoms with E-state index in [9.17, 15) is 13.2 Å². The number of rotatable bonds is 6. The topological polar surface area (TPSA) is 79.4 Å². The number of hydrogen-bond donors (Lipinski definition) is 1. The van der Waals surface area contributed by atoms with Crippen molar-refractivity contribution in [3.8, 4) is 0 Å². The van der Waals surface area contributed by atoms with Crippen LogP contribution in [0.3, 0.4) is 0 Å². The lowest BCUT2D eigenvalue weighted by Crippen LogP contribution is -2.32. The van der Waals surface area contributed by atoms with Gasteiger partial charge in [0.25, 0.3) is 0 Å². The number of carbonyl (C=O) groups is 1. The third-order valence-electron chi connectivity index (χ3n) is 4.93. The number of nitrogens with one attached hydrogen (secondary N) is 1. The van der Waals surface area contributed by atoms with Crippen LogP contribution in [0.5, 0.6) is 0 Å². The molecular formula is C16H23N3O3S. The van der Waals surface area contributed by atoms with Crippen LogP contribution < -0.4 is 5.32 Å². The van der Waals surface area contributed by atoms with E-state index in [1.54, 1.807) is 16.7 Å². The second kappa shape index (κ2) is 6.20. The Bertz CT molecular complexity index is 677. The van der Waals surface area contributed by atoms with E-state index in [4.69, 9.17) is 0 Å². The summed E-state index contributed by atoms with van der Waals surface area (Å²) in [6.45, 7) is 3.42. The normalized spacial score (nSPS) is 27.3. The molecule has 1 aromatic rings. The maximum Gasteiger partial charge on any atom is 0.224 e. The van der Waals surface area contributed by atoms with Crippen LogP contribution in [-0.2, 0) is 21.4 Å². The van der Waals surface area contributed by atoms with Gasteiger partial charge in [0.2, 0.25) is 15.9 Å². The van der Waals surface area contributed by atoms with Gasteiger partial charge in [-0.3, -0.25) is 9.78 Å². The van der Waals surface area contributed by atoms with Gasteiger partial charge in [0.15, 0.2) is 0 Å². The van der Waals surface area contributed by atoms with Crippen LogP contribution in [0.15, 0.2) is 24.5 Å². The largest absolute Gasteiger partial charge is 0.352 e. The quantitative estimate of drug-likeness (QED) is 0.844. The van der Waals surface area contributed by atoms with Gasteiger partial charge in [-0.15, -0.1) is 0 Å². The van der Waals surface area contributed by atoms with Crippen molar-refractivity contribution in [3.63, 3.8) is 0 Å². The molecule has 1 N–H and O–H groups in total. The van der Waals surface area contributed by atoms with Gasteiger partial charge in [-0.05, 0) is 42.4 Å². The lowest BCUT2D eigenvalue weighted by atomic mass is 10.0. The molecule has 1 spiro atoms. The molecule has 1 amide bonds. The Kier molecular flexibility index (Phi) is 4.42. The Hall–Kier alpha value is -1.47. The number of amides is 1. The molecule has 2 atom stereocenters. The average Bonchev–Trinajstić information content (AvgIpc) is 3.05. The van der Waals surface area contributed by atoms with Crippen molar-refractivity contribution in [1.82, 2.24) is 14.6 Å². The summed E-state index contributed by atoms with van der Waals surface area (Å²) in [6, 6.07) is 3.75. The van der Waals surface area contributed by atoms with E-state index < -0.39 is 10.0 Å². The summed E-state index contributed by atoms with van der Waals surface area (Å²) in [5, 5.41) is 2.96. The van der Waals surface area contributed by atoms with E-state index >= 15 is 0 Å². The molecule has 1 aliphatic carbocycles. The van der Waals surface area contributed by atoms with Crippen molar-refractivity contribution < 1.29 is 13.2 Å². The van der Waals surface area contributed by atoms with Gasteiger partial charge in [0.1, 0.15) is 0 Å². The highest BCUT2D eigenvalue weighted by atomic mass is 32.2. The summed E-state index contributed by atoms with van der Waals surface area (Å²) in [4.78, 5) is 16.3. The molecule has 0 bridgehead atoms. The number of aromatic nitrogens is 1. The first kappa shape index (κ1) is 16.4. The molecule has 23 heavy (non-hydrogen) atoms. The molecule has 2 heterocycles. The summed E-state index contributed by atoms with van der Waals surface area (Å²) in [7, 11) is -3.15. The molecule has 1 aliphatic heterocycles. The predicted molar refractivity (Wildman–Crippen MR) is 86.9 cm³/mol. The zero-order valence-electron chi connectivity index (χ0n) is 13.4.